The Bertz CT molecular complexity index is 1030. The number of amides is 1. The second-order valence-electron chi connectivity index (χ2n) is 6.41. The summed E-state index contributed by atoms with van der Waals surface area (Å²) < 4.78 is 16.4. The average Bonchev–Trinajstić information content (AvgIpc) is 3.23. The van der Waals surface area contributed by atoms with Gasteiger partial charge in [-0.25, -0.2) is 0 Å². The standard InChI is InChI=1S/C21H19NO5/c1-25-15-8-9-18-16(11-15)17(23)12-20(27-18)13-4-6-14(7-5-13)22-21(24)19-3-2-10-26-19/h4-9,11-12,19H,2-3,10H2,1H3,(H,22,24). The van der Waals surface area contributed by atoms with Crippen molar-refractivity contribution in [2.24, 2.45) is 0 Å². The Kier molecular flexibility index (Phi) is 4.64. The largest absolute Gasteiger partial charge is 0.497 e. The molecule has 1 aliphatic heterocycles. The minimum atomic E-state index is -0.375. The van der Waals surface area contributed by atoms with Crippen molar-refractivity contribution in [2.45, 2.75) is 18.9 Å². The molecule has 0 bridgehead atoms. The monoisotopic (exact) mass is 365 g/mol. The van der Waals surface area contributed by atoms with Crippen molar-refractivity contribution in [3.63, 3.8) is 0 Å². The molecule has 1 aromatic heterocycles. The van der Waals surface area contributed by atoms with E-state index in [9.17, 15) is 9.59 Å². The Morgan fingerprint density at radius 1 is 1.15 bits per heavy atom. The van der Waals surface area contributed by atoms with Gasteiger partial charge in [-0.1, -0.05) is 0 Å². The maximum atomic E-state index is 12.4. The first-order valence-corrected chi connectivity index (χ1v) is 8.79. The van der Waals surface area contributed by atoms with Crippen LogP contribution >= 0.6 is 0 Å². The van der Waals surface area contributed by atoms with Crippen LogP contribution in [-0.4, -0.2) is 25.7 Å². The zero-order valence-electron chi connectivity index (χ0n) is 14.9. The van der Waals surface area contributed by atoms with E-state index in [1.54, 1.807) is 49.6 Å². The van der Waals surface area contributed by atoms with Gasteiger partial charge in [0.2, 0.25) is 0 Å². The van der Waals surface area contributed by atoms with Crippen molar-refractivity contribution in [3.8, 4) is 17.1 Å². The summed E-state index contributed by atoms with van der Waals surface area (Å²) in [4.78, 5) is 24.5. The first kappa shape index (κ1) is 17.3. The maximum Gasteiger partial charge on any atom is 0.253 e. The van der Waals surface area contributed by atoms with Gasteiger partial charge in [-0.2, -0.15) is 0 Å². The van der Waals surface area contributed by atoms with Gasteiger partial charge in [-0.05, 0) is 55.3 Å². The summed E-state index contributed by atoms with van der Waals surface area (Å²) in [6, 6.07) is 13.8. The number of rotatable bonds is 4. The summed E-state index contributed by atoms with van der Waals surface area (Å²) in [5.74, 6) is 0.940. The van der Waals surface area contributed by atoms with Gasteiger partial charge in [0.15, 0.2) is 5.43 Å². The molecule has 2 heterocycles. The molecule has 1 unspecified atom stereocenters. The van der Waals surface area contributed by atoms with Gasteiger partial charge in [0.05, 0.1) is 12.5 Å². The molecule has 1 aliphatic rings. The number of ether oxygens (including phenoxy) is 2. The van der Waals surface area contributed by atoms with Crippen LogP contribution < -0.4 is 15.5 Å². The predicted molar refractivity (Wildman–Crippen MR) is 102 cm³/mol. The number of methoxy groups -OCH3 is 1. The molecule has 6 heteroatoms. The Morgan fingerprint density at radius 3 is 2.67 bits per heavy atom. The number of benzene rings is 2. The van der Waals surface area contributed by atoms with Crippen LogP contribution in [-0.2, 0) is 9.53 Å². The van der Waals surface area contributed by atoms with Crippen LogP contribution in [0.3, 0.4) is 0 Å². The van der Waals surface area contributed by atoms with Crippen molar-refractivity contribution in [1.29, 1.82) is 0 Å². The van der Waals surface area contributed by atoms with Gasteiger partial charge in [0, 0.05) is 23.9 Å². The van der Waals surface area contributed by atoms with E-state index in [0.29, 0.717) is 34.8 Å². The molecule has 27 heavy (non-hydrogen) atoms. The van der Waals surface area contributed by atoms with Crippen LogP contribution in [0.25, 0.3) is 22.3 Å². The number of carbonyl (C=O) groups is 1. The third-order valence-electron chi connectivity index (χ3n) is 4.59. The van der Waals surface area contributed by atoms with Crippen molar-refractivity contribution in [3.05, 3.63) is 58.8 Å². The molecule has 1 fully saturated rings. The maximum absolute atomic E-state index is 12.4. The lowest BCUT2D eigenvalue weighted by Gasteiger charge is -2.11. The van der Waals surface area contributed by atoms with Crippen LogP contribution in [0.1, 0.15) is 12.8 Å². The number of hydrogen-bond donors (Lipinski definition) is 1. The first-order valence-electron chi connectivity index (χ1n) is 8.79. The van der Waals surface area contributed by atoms with E-state index < -0.39 is 0 Å². The van der Waals surface area contributed by atoms with E-state index >= 15 is 0 Å². The fourth-order valence-corrected chi connectivity index (χ4v) is 3.13. The highest BCUT2D eigenvalue weighted by Crippen LogP contribution is 2.26. The summed E-state index contributed by atoms with van der Waals surface area (Å²) in [6.45, 7) is 0.629. The third-order valence-corrected chi connectivity index (χ3v) is 4.59. The van der Waals surface area contributed by atoms with E-state index in [1.807, 2.05) is 0 Å². The lowest BCUT2D eigenvalue weighted by Crippen LogP contribution is -2.26. The molecule has 6 nitrogen and oxygen atoms in total. The second kappa shape index (κ2) is 7.25. The van der Waals surface area contributed by atoms with Gasteiger partial charge in [0.1, 0.15) is 23.2 Å². The van der Waals surface area contributed by atoms with E-state index in [-0.39, 0.29) is 17.4 Å². The minimum absolute atomic E-state index is 0.133. The molecule has 138 valence electrons. The van der Waals surface area contributed by atoms with Crippen molar-refractivity contribution in [2.75, 3.05) is 19.0 Å². The molecule has 1 N–H and O–H groups in total. The molecule has 0 saturated carbocycles. The molecule has 0 radical (unpaired) electrons. The molecular formula is C21H19NO5. The van der Waals surface area contributed by atoms with Crippen LogP contribution in [0.15, 0.2) is 57.7 Å². The van der Waals surface area contributed by atoms with Crippen molar-refractivity contribution >= 4 is 22.6 Å². The number of nitrogens with one attached hydrogen (secondary N) is 1. The molecule has 0 aliphatic carbocycles. The molecule has 2 aromatic carbocycles. The summed E-state index contributed by atoms with van der Waals surface area (Å²) in [6.07, 6.45) is 1.28. The van der Waals surface area contributed by atoms with E-state index in [0.717, 1.165) is 18.4 Å². The number of fused-ring (bicyclic) bond motifs is 1. The Morgan fingerprint density at radius 2 is 1.96 bits per heavy atom. The van der Waals surface area contributed by atoms with Gasteiger partial charge < -0.3 is 19.2 Å². The van der Waals surface area contributed by atoms with E-state index in [2.05, 4.69) is 5.32 Å². The summed E-state index contributed by atoms with van der Waals surface area (Å²) in [5.41, 5.74) is 1.78. The smallest absolute Gasteiger partial charge is 0.253 e. The lowest BCUT2D eigenvalue weighted by molar-refractivity contribution is -0.124. The van der Waals surface area contributed by atoms with Crippen LogP contribution in [0, 0.1) is 0 Å². The van der Waals surface area contributed by atoms with E-state index in [1.165, 1.54) is 6.07 Å². The zero-order valence-corrected chi connectivity index (χ0v) is 14.9. The second-order valence-corrected chi connectivity index (χ2v) is 6.41. The fourth-order valence-electron chi connectivity index (χ4n) is 3.13. The molecule has 3 aromatic rings. The van der Waals surface area contributed by atoms with Crippen molar-refractivity contribution in [1.82, 2.24) is 0 Å². The normalized spacial score (nSPS) is 16.4. The molecular weight excluding hydrogens is 346 g/mol. The molecule has 4 rings (SSSR count). The van der Waals surface area contributed by atoms with Gasteiger partial charge in [0.25, 0.3) is 5.91 Å². The summed E-state index contributed by atoms with van der Waals surface area (Å²) >= 11 is 0. The zero-order chi connectivity index (χ0) is 18.8. The Hall–Kier alpha value is -3.12. The average molecular weight is 365 g/mol. The van der Waals surface area contributed by atoms with Crippen molar-refractivity contribution < 1.29 is 18.7 Å². The number of hydrogen-bond acceptors (Lipinski definition) is 5. The van der Waals surface area contributed by atoms with Gasteiger partial charge >= 0.3 is 0 Å². The van der Waals surface area contributed by atoms with Gasteiger partial charge in [-0.15, -0.1) is 0 Å². The van der Waals surface area contributed by atoms with Gasteiger partial charge in [-0.3, -0.25) is 9.59 Å². The highest BCUT2D eigenvalue weighted by molar-refractivity contribution is 5.94. The fraction of sp³-hybridized carbons (Fsp3) is 0.238. The highest BCUT2D eigenvalue weighted by atomic mass is 16.5. The van der Waals surface area contributed by atoms with Crippen LogP contribution in [0.5, 0.6) is 5.75 Å². The molecule has 0 spiro atoms. The quantitative estimate of drug-likeness (QED) is 0.764. The Labute approximate surface area is 155 Å². The predicted octanol–water partition coefficient (Wildman–Crippen LogP) is 3.59. The molecule has 1 saturated heterocycles. The minimum Gasteiger partial charge on any atom is -0.497 e. The molecule has 1 amide bonds. The summed E-state index contributed by atoms with van der Waals surface area (Å²) in [7, 11) is 1.55. The van der Waals surface area contributed by atoms with Crippen LogP contribution in [0.2, 0.25) is 0 Å². The lowest BCUT2D eigenvalue weighted by atomic mass is 10.1. The Balaban J connectivity index is 1.58. The first-order chi connectivity index (χ1) is 13.1. The van der Waals surface area contributed by atoms with Crippen LogP contribution in [0.4, 0.5) is 5.69 Å². The molecule has 1 atom stereocenters. The highest BCUT2D eigenvalue weighted by Gasteiger charge is 2.23. The number of carbonyl (C=O) groups excluding carboxylic acids is 1. The summed E-state index contributed by atoms with van der Waals surface area (Å²) in [5, 5.41) is 3.32. The van der Waals surface area contributed by atoms with E-state index in [4.69, 9.17) is 13.9 Å². The SMILES string of the molecule is COc1ccc2oc(-c3ccc(NC(=O)C4CCCO4)cc3)cc(=O)c2c1. The third kappa shape index (κ3) is 3.57. The topological polar surface area (TPSA) is 77.8 Å². The number of anilines is 1.